The number of benzene rings is 10. The smallest absolute Gasteiger partial charge is 0.143 e. The first-order chi connectivity index (χ1) is 35.7. The van der Waals surface area contributed by atoms with E-state index >= 15 is 0 Å². The molecular formula is C70H51NO. The first-order valence-electron chi connectivity index (χ1n) is 26.2. The van der Waals surface area contributed by atoms with Crippen LogP contribution in [-0.2, 0) is 5.41 Å². The fraction of sp³-hybridized carbons (Fsp3) is 0.143. The zero-order valence-corrected chi connectivity index (χ0v) is 40.1. The summed E-state index contributed by atoms with van der Waals surface area (Å²) in [7, 11) is 0. The molecule has 6 aliphatic rings. The second-order valence-electron chi connectivity index (χ2n) is 21.5. The van der Waals surface area contributed by atoms with Crippen molar-refractivity contribution in [3.63, 3.8) is 0 Å². The third kappa shape index (κ3) is 5.78. The van der Waals surface area contributed by atoms with Gasteiger partial charge in [0.15, 0.2) is 0 Å². The van der Waals surface area contributed by atoms with Crippen molar-refractivity contribution >= 4 is 39.0 Å². The van der Waals surface area contributed by atoms with Crippen molar-refractivity contribution in [3.05, 3.63) is 258 Å². The quantitative estimate of drug-likeness (QED) is 0.165. The molecule has 2 atom stereocenters. The van der Waals surface area contributed by atoms with E-state index in [1.165, 1.54) is 98.9 Å². The Labute approximate surface area is 420 Å². The summed E-state index contributed by atoms with van der Waals surface area (Å²) in [5.74, 6) is 3.31. The lowest BCUT2D eigenvalue weighted by atomic mass is 9.67. The zero-order valence-electron chi connectivity index (χ0n) is 40.1. The van der Waals surface area contributed by atoms with Gasteiger partial charge in [-0.05, 0) is 188 Å². The predicted octanol–water partition coefficient (Wildman–Crippen LogP) is 18.8. The Morgan fingerprint density at radius 2 is 0.833 bits per heavy atom. The van der Waals surface area contributed by atoms with Crippen LogP contribution in [0.5, 0.6) is 0 Å². The molecule has 1 aromatic heterocycles. The predicted molar refractivity (Wildman–Crippen MR) is 297 cm³/mol. The Balaban J connectivity index is 0.863. The van der Waals surface area contributed by atoms with Crippen molar-refractivity contribution in [2.75, 3.05) is 4.90 Å². The summed E-state index contributed by atoms with van der Waals surface area (Å²) < 4.78 is 7.11. The van der Waals surface area contributed by atoms with Crippen LogP contribution in [0.4, 0.5) is 17.1 Å². The van der Waals surface area contributed by atoms with Gasteiger partial charge < -0.3 is 9.32 Å². The van der Waals surface area contributed by atoms with E-state index < -0.39 is 5.41 Å². The maximum absolute atomic E-state index is 7.11. The van der Waals surface area contributed by atoms with Gasteiger partial charge in [0.05, 0.1) is 5.41 Å². The SMILES string of the molecule is c1ccc(-c2ccc(N(c3ccc(-c4ccc5c(c4)C4CC6CC(CC5C6)C4)cc3)c3ccc(-c4c5c(cc6c4oc4ccccc46)-c4ccccc4C54c5ccccc5-c5ccccc54)cc3)cc2)cc1. The van der Waals surface area contributed by atoms with Gasteiger partial charge in [-0.3, -0.25) is 0 Å². The number of para-hydroxylation sites is 1. The topological polar surface area (TPSA) is 16.4 Å². The second-order valence-corrected chi connectivity index (χ2v) is 21.5. The minimum atomic E-state index is -0.537. The van der Waals surface area contributed by atoms with Gasteiger partial charge in [0.2, 0.25) is 0 Å². The van der Waals surface area contributed by atoms with Crippen LogP contribution in [0.15, 0.2) is 229 Å². The van der Waals surface area contributed by atoms with E-state index in [2.05, 4.69) is 229 Å². The average molecular weight is 922 g/mol. The molecule has 0 amide bonds. The summed E-state index contributed by atoms with van der Waals surface area (Å²) >= 11 is 0. The Kier molecular flexibility index (Phi) is 8.67. The van der Waals surface area contributed by atoms with Crippen molar-refractivity contribution in [2.24, 2.45) is 11.8 Å². The molecule has 0 aliphatic heterocycles. The summed E-state index contributed by atoms with van der Waals surface area (Å²) in [6.45, 7) is 0. The molecule has 2 nitrogen and oxygen atoms in total. The molecule has 10 aromatic carbocycles. The van der Waals surface area contributed by atoms with Crippen LogP contribution >= 0.6 is 0 Å². The molecule has 342 valence electrons. The van der Waals surface area contributed by atoms with Gasteiger partial charge in [0.25, 0.3) is 0 Å². The molecule has 1 spiro atoms. The zero-order chi connectivity index (χ0) is 47.1. The molecule has 2 unspecified atom stereocenters. The van der Waals surface area contributed by atoms with E-state index in [0.29, 0.717) is 0 Å². The first kappa shape index (κ1) is 40.5. The minimum absolute atomic E-state index is 0.537. The highest BCUT2D eigenvalue weighted by Crippen LogP contribution is 2.66. The Morgan fingerprint density at radius 1 is 0.361 bits per heavy atom. The van der Waals surface area contributed by atoms with Crippen molar-refractivity contribution < 1.29 is 4.42 Å². The van der Waals surface area contributed by atoms with E-state index in [1.54, 1.807) is 11.1 Å². The Bertz CT molecular complexity index is 3910. The van der Waals surface area contributed by atoms with Crippen LogP contribution < -0.4 is 4.90 Å². The fourth-order valence-electron chi connectivity index (χ4n) is 15.0. The molecule has 0 radical (unpaired) electrons. The largest absolute Gasteiger partial charge is 0.455 e. The van der Waals surface area contributed by atoms with E-state index in [-0.39, 0.29) is 0 Å². The minimum Gasteiger partial charge on any atom is -0.455 e. The number of rotatable bonds is 6. The van der Waals surface area contributed by atoms with Crippen molar-refractivity contribution in [1.29, 1.82) is 0 Å². The fourth-order valence-corrected chi connectivity index (χ4v) is 15.0. The highest BCUT2D eigenvalue weighted by atomic mass is 16.3. The van der Waals surface area contributed by atoms with E-state index in [1.807, 2.05) is 0 Å². The van der Waals surface area contributed by atoms with Crippen molar-refractivity contribution in [3.8, 4) is 55.6 Å². The molecule has 1 heterocycles. The number of fused-ring (bicyclic) bond motifs is 13. The van der Waals surface area contributed by atoms with Crippen molar-refractivity contribution in [1.82, 2.24) is 0 Å². The van der Waals surface area contributed by atoms with Gasteiger partial charge in [-0.2, -0.15) is 0 Å². The van der Waals surface area contributed by atoms with Crippen LogP contribution in [0.2, 0.25) is 0 Å². The molecule has 11 aromatic rings. The van der Waals surface area contributed by atoms with E-state index in [4.69, 9.17) is 4.42 Å². The number of nitrogens with zero attached hydrogens (tertiary/aromatic N) is 1. The lowest BCUT2D eigenvalue weighted by molar-refractivity contribution is 0.166. The third-order valence-electron chi connectivity index (χ3n) is 17.8. The lowest BCUT2D eigenvalue weighted by Gasteiger charge is -2.38. The number of furan rings is 1. The van der Waals surface area contributed by atoms with Crippen LogP contribution in [0.1, 0.15) is 77.3 Å². The normalized spacial score (nSPS) is 19.2. The van der Waals surface area contributed by atoms with Crippen LogP contribution in [0, 0.1) is 11.8 Å². The summed E-state index contributed by atoms with van der Waals surface area (Å²) in [6, 6.07) is 84.2. The van der Waals surface area contributed by atoms with Gasteiger partial charge in [0, 0.05) is 33.4 Å². The molecule has 72 heavy (non-hydrogen) atoms. The molecule has 4 bridgehead atoms. The van der Waals surface area contributed by atoms with Gasteiger partial charge in [-0.1, -0.05) is 176 Å². The average Bonchev–Trinajstić information content (AvgIpc) is 4.02. The molecule has 2 heteroatoms. The molecule has 0 N–H and O–H groups in total. The van der Waals surface area contributed by atoms with Crippen LogP contribution in [-0.4, -0.2) is 0 Å². The van der Waals surface area contributed by atoms with E-state index in [0.717, 1.165) is 73.8 Å². The summed E-state index contributed by atoms with van der Waals surface area (Å²) in [6.07, 6.45) is 7.01. The second kappa shape index (κ2) is 15.4. The maximum Gasteiger partial charge on any atom is 0.143 e. The standard InChI is InChI=1S/C70H51NO/c1-2-12-45(13-3-1)46-22-29-52(30-23-46)71(53-31-24-47(25-32-53)49-28-35-55-50-37-43-36-44(38-50)40-51(39-43)60(55)41-49)54-33-26-48(27-34-54)67-68-61(42-62-59-17-7-11-21-66(59)72-69(62)67)58-16-6-10-20-65(58)70(68)63-18-8-4-14-56(63)57-15-5-9-19-64(57)70/h1-35,41-44,50-51H,36-40H2. The molecule has 17 rings (SSSR count). The molecule has 2 saturated carbocycles. The van der Waals surface area contributed by atoms with Crippen LogP contribution in [0.3, 0.4) is 0 Å². The lowest BCUT2D eigenvalue weighted by Crippen LogP contribution is -2.26. The monoisotopic (exact) mass is 921 g/mol. The summed E-state index contributed by atoms with van der Waals surface area (Å²) in [5, 5.41) is 2.28. The number of anilines is 3. The Hall–Kier alpha value is -8.20. The molecule has 0 saturated heterocycles. The molecular weight excluding hydrogens is 871 g/mol. The number of hydrogen-bond acceptors (Lipinski definition) is 2. The van der Waals surface area contributed by atoms with Crippen molar-refractivity contribution in [2.45, 2.75) is 49.4 Å². The third-order valence-corrected chi connectivity index (χ3v) is 17.8. The molecule has 2 fully saturated rings. The van der Waals surface area contributed by atoms with E-state index in [9.17, 15) is 0 Å². The summed E-state index contributed by atoms with van der Waals surface area (Å²) in [5.41, 5.74) is 25.6. The van der Waals surface area contributed by atoms with Gasteiger partial charge in [-0.15, -0.1) is 0 Å². The Morgan fingerprint density at radius 3 is 1.44 bits per heavy atom. The first-order valence-corrected chi connectivity index (χ1v) is 26.2. The number of hydrogen-bond donors (Lipinski definition) is 0. The summed E-state index contributed by atoms with van der Waals surface area (Å²) in [4.78, 5) is 2.42. The van der Waals surface area contributed by atoms with Gasteiger partial charge in [0.1, 0.15) is 11.2 Å². The van der Waals surface area contributed by atoms with Gasteiger partial charge in [-0.25, -0.2) is 0 Å². The van der Waals surface area contributed by atoms with Gasteiger partial charge >= 0.3 is 0 Å². The van der Waals surface area contributed by atoms with Crippen LogP contribution in [0.25, 0.3) is 77.6 Å². The highest BCUT2D eigenvalue weighted by Gasteiger charge is 2.53. The molecule has 6 aliphatic carbocycles. The maximum atomic E-state index is 7.11. The highest BCUT2D eigenvalue weighted by molar-refractivity contribution is 6.15.